The van der Waals surface area contributed by atoms with Crippen LogP contribution in [0.25, 0.3) is 10.8 Å². The second kappa shape index (κ2) is 5.09. The van der Waals surface area contributed by atoms with Crippen LogP contribution < -0.4 is 0 Å². The van der Waals surface area contributed by atoms with Gasteiger partial charge < -0.3 is 0 Å². The first-order chi connectivity index (χ1) is 8.00. The first-order valence-electron chi connectivity index (χ1n) is 4.79. The summed E-state index contributed by atoms with van der Waals surface area (Å²) in [4.78, 5) is -0.952. The van der Waals surface area contributed by atoms with E-state index in [9.17, 15) is 8.78 Å². The van der Waals surface area contributed by atoms with Crippen LogP contribution in [0.15, 0.2) is 34.8 Å². The lowest BCUT2D eigenvalue weighted by atomic mass is 10.00. The minimum absolute atomic E-state index is 0.0926. The van der Waals surface area contributed by atoms with Crippen LogP contribution in [0.4, 0.5) is 8.78 Å². The molecule has 0 amide bonds. The van der Waals surface area contributed by atoms with Gasteiger partial charge in [-0.1, -0.05) is 34.1 Å². The summed E-state index contributed by atoms with van der Waals surface area (Å²) in [6, 6.07) is 8.42. The summed E-state index contributed by atoms with van der Waals surface area (Å²) in [5.74, 6) is 0. The molecule has 0 nitrogen and oxygen atoms in total. The van der Waals surface area contributed by atoms with Crippen molar-refractivity contribution < 1.29 is 8.78 Å². The molecule has 0 fully saturated rings. The van der Waals surface area contributed by atoms with Crippen molar-refractivity contribution in [1.82, 2.24) is 0 Å². The summed E-state index contributed by atoms with van der Waals surface area (Å²) >= 11 is 14.7. The first-order valence-corrected chi connectivity index (χ1v) is 6.45. The van der Waals surface area contributed by atoms with Crippen LogP contribution in [-0.4, -0.2) is 0 Å². The van der Waals surface area contributed by atoms with Gasteiger partial charge >= 0.3 is 0 Å². The molecule has 0 bridgehead atoms. The number of rotatable bonds is 2. The van der Waals surface area contributed by atoms with E-state index in [1.807, 2.05) is 0 Å². The Labute approximate surface area is 116 Å². The molecule has 17 heavy (non-hydrogen) atoms. The molecule has 2 aromatic carbocycles. The van der Waals surface area contributed by atoms with E-state index in [0.29, 0.717) is 5.39 Å². The van der Waals surface area contributed by atoms with Crippen LogP contribution in [0.1, 0.15) is 22.4 Å². The van der Waals surface area contributed by atoms with Crippen LogP contribution in [0.2, 0.25) is 0 Å². The molecule has 0 aliphatic rings. The van der Waals surface area contributed by atoms with Crippen molar-refractivity contribution in [2.45, 2.75) is 11.3 Å². The fourth-order valence-electron chi connectivity index (χ4n) is 1.78. The van der Waals surface area contributed by atoms with Gasteiger partial charge in [-0.25, -0.2) is 8.78 Å². The molecule has 0 spiro atoms. The Morgan fingerprint density at radius 3 is 2.35 bits per heavy atom. The molecule has 0 radical (unpaired) electrons. The maximum atomic E-state index is 13.1. The average molecular weight is 340 g/mol. The first kappa shape index (κ1) is 13.1. The summed E-state index contributed by atoms with van der Waals surface area (Å²) in [6.45, 7) is 0. The fourth-order valence-corrected chi connectivity index (χ4v) is 2.53. The van der Waals surface area contributed by atoms with E-state index in [0.717, 1.165) is 9.86 Å². The van der Waals surface area contributed by atoms with Crippen molar-refractivity contribution in [3.05, 3.63) is 45.9 Å². The highest BCUT2D eigenvalue weighted by atomic mass is 79.9. The Kier molecular flexibility index (Phi) is 3.91. The van der Waals surface area contributed by atoms with Gasteiger partial charge in [-0.2, -0.15) is 0 Å². The summed E-state index contributed by atoms with van der Waals surface area (Å²) < 4.78 is 27.0. The largest absolute Gasteiger partial charge is 0.264 e. The summed E-state index contributed by atoms with van der Waals surface area (Å²) in [5.41, 5.74) is 0.170. The molecule has 90 valence electrons. The topological polar surface area (TPSA) is 0 Å². The minimum atomic E-state index is -2.60. The summed E-state index contributed by atoms with van der Waals surface area (Å²) in [5, 5.41) is 1.21. The maximum Gasteiger partial charge on any atom is 0.264 e. The summed E-state index contributed by atoms with van der Waals surface area (Å²) in [6.07, 6.45) is -2.60. The van der Waals surface area contributed by atoms with Gasteiger partial charge in [-0.15, -0.1) is 23.2 Å². The fraction of sp³-hybridized carbons (Fsp3) is 0.167. The Morgan fingerprint density at radius 2 is 1.76 bits per heavy atom. The lowest BCUT2D eigenvalue weighted by molar-refractivity contribution is 0.152. The van der Waals surface area contributed by atoms with Crippen LogP contribution in [0.3, 0.4) is 0 Å². The normalized spacial score (nSPS) is 11.7. The van der Waals surface area contributed by atoms with Crippen molar-refractivity contribution in [1.29, 1.82) is 0 Å². The van der Waals surface area contributed by atoms with Gasteiger partial charge in [0, 0.05) is 10.0 Å². The van der Waals surface area contributed by atoms with Gasteiger partial charge in [-0.05, 0) is 28.5 Å². The van der Waals surface area contributed by atoms with Gasteiger partial charge in [0.05, 0.1) is 0 Å². The van der Waals surface area contributed by atoms with Crippen molar-refractivity contribution in [2.75, 3.05) is 0 Å². The molecule has 0 unspecified atom stereocenters. The molecule has 0 aromatic heterocycles. The molecule has 2 aromatic rings. The Hall–Kier alpha value is -0.380. The highest BCUT2D eigenvalue weighted by molar-refractivity contribution is 9.10. The summed E-state index contributed by atoms with van der Waals surface area (Å²) in [7, 11) is 0. The van der Waals surface area contributed by atoms with Crippen molar-refractivity contribution in [2.24, 2.45) is 0 Å². The molecule has 0 aliphatic carbocycles. The molecule has 0 heterocycles. The molecule has 0 N–H and O–H groups in total. The number of halogens is 5. The third kappa shape index (κ3) is 2.56. The van der Waals surface area contributed by atoms with Crippen molar-refractivity contribution in [3.8, 4) is 0 Å². The predicted molar refractivity (Wildman–Crippen MR) is 71.1 cm³/mol. The Bertz CT molecular complexity index is 555. The Morgan fingerprint density at radius 1 is 1.06 bits per heavy atom. The average Bonchev–Trinajstić information content (AvgIpc) is 2.26. The zero-order valence-electron chi connectivity index (χ0n) is 8.43. The molecule has 0 aliphatic heterocycles. The minimum Gasteiger partial charge on any atom is -0.205 e. The third-order valence-corrected chi connectivity index (χ3v) is 3.47. The van der Waals surface area contributed by atoms with Crippen LogP contribution in [0, 0.1) is 0 Å². The standard InChI is InChI=1S/C12H7BrCl2F2/c13-7-2-4-8-6(5-7)1-3-9(11(14)15)10(8)12(16)17/h1-5,11-12H. The second-order valence-electron chi connectivity index (χ2n) is 3.54. The van der Waals surface area contributed by atoms with Crippen LogP contribution >= 0.6 is 39.1 Å². The van der Waals surface area contributed by atoms with E-state index in [2.05, 4.69) is 15.9 Å². The highest BCUT2D eigenvalue weighted by Gasteiger charge is 2.20. The molecule has 0 saturated carbocycles. The maximum absolute atomic E-state index is 13.1. The van der Waals surface area contributed by atoms with Gasteiger partial charge in [0.15, 0.2) is 0 Å². The van der Waals surface area contributed by atoms with E-state index < -0.39 is 11.3 Å². The van der Waals surface area contributed by atoms with Crippen LogP contribution in [-0.2, 0) is 0 Å². The molecular weight excluding hydrogens is 333 g/mol. The number of hydrogen-bond donors (Lipinski definition) is 0. The van der Waals surface area contributed by atoms with Gasteiger partial charge in [-0.3, -0.25) is 0 Å². The lowest BCUT2D eigenvalue weighted by Crippen LogP contribution is -1.95. The molecule has 5 heteroatoms. The van der Waals surface area contributed by atoms with Gasteiger partial charge in [0.25, 0.3) is 6.43 Å². The molecule has 0 atom stereocenters. The highest BCUT2D eigenvalue weighted by Crippen LogP contribution is 2.38. The van der Waals surface area contributed by atoms with E-state index in [1.165, 1.54) is 0 Å². The molecule has 0 saturated heterocycles. The zero-order valence-corrected chi connectivity index (χ0v) is 11.5. The van der Waals surface area contributed by atoms with E-state index in [4.69, 9.17) is 23.2 Å². The van der Waals surface area contributed by atoms with Crippen LogP contribution in [0.5, 0.6) is 0 Å². The quantitative estimate of drug-likeness (QED) is 0.587. The molecular formula is C12H7BrCl2F2. The van der Waals surface area contributed by atoms with Gasteiger partial charge in [0.2, 0.25) is 0 Å². The second-order valence-corrected chi connectivity index (χ2v) is 5.55. The van der Waals surface area contributed by atoms with E-state index in [-0.39, 0.29) is 11.1 Å². The number of fused-ring (bicyclic) bond motifs is 1. The zero-order chi connectivity index (χ0) is 12.6. The monoisotopic (exact) mass is 338 g/mol. The third-order valence-electron chi connectivity index (χ3n) is 2.51. The molecule has 2 rings (SSSR count). The lowest BCUT2D eigenvalue weighted by Gasteiger charge is -2.13. The Balaban J connectivity index is 2.79. The SMILES string of the molecule is FC(F)c1c(C(Cl)Cl)ccc2cc(Br)ccc12. The van der Waals surface area contributed by atoms with E-state index >= 15 is 0 Å². The van der Waals surface area contributed by atoms with E-state index in [1.54, 1.807) is 30.3 Å². The number of alkyl halides is 4. The number of benzene rings is 2. The number of hydrogen-bond acceptors (Lipinski definition) is 0. The van der Waals surface area contributed by atoms with Gasteiger partial charge in [0.1, 0.15) is 4.84 Å². The smallest absolute Gasteiger partial charge is 0.205 e. The van der Waals surface area contributed by atoms with Crippen molar-refractivity contribution >= 4 is 49.9 Å². The predicted octanol–water partition coefficient (Wildman–Crippen LogP) is 6.02. The van der Waals surface area contributed by atoms with Crippen molar-refractivity contribution in [3.63, 3.8) is 0 Å².